The van der Waals surface area contributed by atoms with E-state index in [-0.39, 0.29) is 10.9 Å². The van der Waals surface area contributed by atoms with Crippen LogP contribution < -0.4 is 4.72 Å². The number of hydrogen-bond acceptors (Lipinski definition) is 3. The molecule has 1 aromatic heterocycles. The highest BCUT2D eigenvalue weighted by Crippen LogP contribution is 2.14. The molecule has 0 saturated heterocycles. The van der Waals surface area contributed by atoms with Crippen molar-refractivity contribution in [3.05, 3.63) is 12.0 Å². The Bertz CT molecular complexity index is 494. The van der Waals surface area contributed by atoms with Crippen LogP contribution in [-0.4, -0.2) is 29.4 Å². The quantitative estimate of drug-likeness (QED) is 0.831. The monoisotopic (exact) mass is 279 g/mol. The van der Waals surface area contributed by atoms with Crippen LogP contribution in [0.15, 0.2) is 11.2 Å². The Morgan fingerprint density at radius 2 is 2.12 bits per heavy atom. The summed E-state index contributed by atoms with van der Waals surface area (Å²) in [6.45, 7) is 7.84. The average molecular weight is 280 g/mol. The number of nitrogens with zero attached hydrogens (tertiary/aromatic N) is 2. The summed E-state index contributed by atoms with van der Waals surface area (Å²) in [6, 6.07) is 0. The van der Waals surface area contributed by atoms with Gasteiger partial charge in [-0.05, 0) is 27.7 Å². The van der Waals surface area contributed by atoms with E-state index in [1.54, 1.807) is 25.3 Å². The molecular weight excluding hydrogens is 262 g/mol. The van der Waals surface area contributed by atoms with Gasteiger partial charge in [-0.25, -0.2) is 18.1 Å². The third kappa shape index (κ3) is 3.43. The fraction of sp³-hybridized carbons (Fsp3) is 0.700. The predicted molar refractivity (Wildman–Crippen MR) is 67.8 cm³/mol. The number of aromatic nitrogens is 2. The van der Waals surface area contributed by atoms with Crippen molar-refractivity contribution in [3.8, 4) is 0 Å². The van der Waals surface area contributed by atoms with E-state index in [0.717, 1.165) is 0 Å². The van der Waals surface area contributed by atoms with Gasteiger partial charge in [0.05, 0.1) is 0 Å². The normalized spacial score (nSPS) is 13.0. The molecule has 17 heavy (non-hydrogen) atoms. The van der Waals surface area contributed by atoms with Crippen molar-refractivity contribution in [3.63, 3.8) is 0 Å². The van der Waals surface area contributed by atoms with Crippen molar-refractivity contribution >= 4 is 21.6 Å². The van der Waals surface area contributed by atoms with Gasteiger partial charge >= 0.3 is 0 Å². The van der Waals surface area contributed by atoms with Crippen LogP contribution in [0.2, 0.25) is 0 Å². The summed E-state index contributed by atoms with van der Waals surface area (Å²) in [4.78, 5) is 4.04. The van der Waals surface area contributed by atoms with Gasteiger partial charge in [-0.15, -0.1) is 11.6 Å². The van der Waals surface area contributed by atoms with Gasteiger partial charge in [0.15, 0.2) is 5.03 Å². The van der Waals surface area contributed by atoms with E-state index in [0.29, 0.717) is 12.4 Å². The van der Waals surface area contributed by atoms with E-state index in [1.807, 2.05) is 6.92 Å². The highest BCUT2D eigenvalue weighted by molar-refractivity contribution is 7.89. The maximum Gasteiger partial charge on any atom is 0.260 e. The molecule has 5 nitrogen and oxygen atoms in total. The van der Waals surface area contributed by atoms with Crippen LogP contribution in [0.1, 0.15) is 26.6 Å². The maximum atomic E-state index is 12.0. The second-order valence-electron chi connectivity index (χ2n) is 4.54. The molecule has 0 spiro atoms. The molecule has 0 atom stereocenters. The molecule has 0 aliphatic rings. The molecule has 0 aromatic carbocycles. The van der Waals surface area contributed by atoms with Crippen molar-refractivity contribution in [2.45, 2.75) is 44.8 Å². The topological polar surface area (TPSA) is 64.0 Å². The lowest BCUT2D eigenvalue weighted by Crippen LogP contribution is -2.44. The molecule has 0 amide bonds. The van der Waals surface area contributed by atoms with E-state index >= 15 is 0 Å². The van der Waals surface area contributed by atoms with Gasteiger partial charge in [0.25, 0.3) is 10.0 Å². The summed E-state index contributed by atoms with van der Waals surface area (Å²) in [5.74, 6) is 0.872. The van der Waals surface area contributed by atoms with Crippen LogP contribution in [0.25, 0.3) is 0 Å². The zero-order valence-electron chi connectivity index (χ0n) is 10.5. The number of sulfonamides is 1. The van der Waals surface area contributed by atoms with Gasteiger partial charge < -0.3 is 4.57 Å². The molecule has 7 heteroatoms. The van der Waals surface area contributed by atoms with Gasteiger partial charge in [0.1, 0.15) is 5.82 Å². The fourth-order valence-electron chi connectivity index (χ4n) is 1.37. The third-order valence-electron chi connectivity index (χ3n) is 2.31. The first-order valence-corrected chi connectivity index (χ1v) is 7.37. The molecule has 1 rings (SSSR count). The smallest absolute Gasteiger partial charge is 0.260 e. The number of halogens is 1. The molecular formula is C10H18ClN3O2S. The van der Waals surface area contributed by atoms with E-state index in [9.17, 15) is 8.42 Å². The summed E-state index contributed by atoms with van der Waals surface area (Å²) in [7, 11) is -3.61. The summed E-state index contributed by atoms with van der Waals surface area (Å²) in [5.41, 5.74) is -0.690. The first-order valence-electron chi connectivity index (χ1n) is 5.35. The average Bonchev–Trinajstić information content (AvgIpc) is 2.59. The molecule has 0 fully saturated rings. The summed E-state index contributed by atoms with van der Waals surface area (Å²) >= 11 is 5.70. The Kier molecular flexibility index (Phi) is 4.22. The Morgan fingerprint density at radius 1 is 1.53 bits per heavy atom. The lowest BCUT2D eigenvalue weighted by molar-refractivity contribution is 0.494. The van der Waals surface area contributed by atoms with E-state index in [1.165, 1.54) is 6.20 Å². The molecule has 98 valence electrons. The Balaban J connectivity index is 3.05. The SMILES string of the molecule is CCn1cc(S(=O)(=O)NC(C)(C)CCl)nc1C. The minimum atomic E-state index is -3.61. The lowest BCUT2D eigenvalue weighted by Gasteiger charge is -2.21. The Hall–Kier alpha value is -0.590. The minimum Gasteiger partial charge on any atom is -0.334 e. The van der Waals surface area contributed by atoms with Gasteiger partial charge in [0.2, 0.25) is 0 Å². The number of alkyl halides is 1. The number of rotatable bonds is 5. The van der Waals surface area contributed by atoms with Gasteiger partial charge in [-0.2, -0.15) is 0 Å². The summed E-state index contributed by atoms with van der Waals surface area (Å²) in [5, 5.41) is 0.0371. The summed E-state index contributed by atoms with van der Waals surface area (Å²) < 4.78 is 28.4. The van der Waals surface area contributed by atoms with Crippen molar-refractivity contribution in [2.75, 3.05) is 5.88 Å². The van der Waals surface area contributed by atoms with E-state index in [2.05, 4.69) is 9.71 Å². The number of imidazole rings is 1. The zero-order chi connectivity index (χ0) is 13.3. The van der Waals surface area contributed by atoms with Crippen molar-refractivity contribution in [1.29, 1.82) is 0 Å². The molecule has 0 radical (unpaired) electrons. The molecule has 1 N–H and O–H groups in total. The van der Waals surface area contributed by atoms with Crippen LogP contribution in [0.4, 0.5) is 0 Å². The van der Waals surface area contributed by atoms with Gasteiger partial charge in [-0.3, -0.25) is 0 Å². The number of aryl methyl sites for hydroxylation is 2. The molecule has 0 saturated carbocycles. The number of hydrogen-bond donors (Lipinski definition) is 1. The predicted octanol–water partition coefficient (Wildman–Crippen LogP) is 1.51. The standard InChI is InChI=1S/C10H18ClN3O2S/c1-5-14-6-9(12-8(14)2)17(15,16)13-10(3,4)7-11/h6,13H,5,7H2,1-4H3. The van der Waals surface area contributed by atoms with Gasteiger partial charge in [0, 0.05) is 24.2 Å². The molecule has 1 heterocycles. The largest absolute Gasteiger partial charge is 0.334 e. The second-order valence-corrected chi connectivity index (χ2v) is 6.43. The van der Waals surface area contributed by atoms with Gasteiger partial charge in [-0.1, -0.05) is 0 Å². The minimum absolute atomic E-state index is 0.0371. The molecule has 1 aromatic rings. The lowest BCUT2D eigenvalue weighted by atomic mass is 10.1. The molecule has 0 aliphatic heterocycles. The van der Waals surface area contributed by atoms with E-state index in [4.69, 9.17) is 11.6 Å². The van der Waals surface area contributed by atoms with Crippen LogP contribution in [0.5, 0.6) is 0 Å². The Labute approximate surface area is 107 Å². The second kappa shape index (κ2) is 4.96. The highest BCUT2D eigenvalue weighted by atomic mass is 35.5. The van der Waals surface area contributed by atoms with Crippen LogP contribution >= 0.6 is 11.6 Å². The highest BCUT2D eigenvalue weighted by Gasteiger charge is 2.27. The maximum absolute atomic E-state index is 12.0. The van der Waals surface area contributed by atoms with Crippen LogP contribution in [-0.2, 0) is 16.6 Å². The Morgan fingerprint density at radius 3 is 2.53 bits per heavy atom. The first-order chi connectivity index (χ1) is 7.72. The molecule has 0 bridgehead atoms. The third-order valence-corrected chi connectivity index (χ3v) is 4.55. The summed E-state index contributed by atoms with van der Waals surface area (Å²) in [6.07, 6.45) is 1.53. The zero-order valence-corrected chi connectivity index (χ0v) is 12.1. The van der Waals surface area contributed by atoms with Crippen molar-refractivity contribution in [1.82, 2.24) is 14.3 Å². The van der Waals surface area contributed by atoms with Crippen LogP contribution in [0.3, 0.4) is 0 Å². The molecule has 0 aliphatic carbocycles. The van der Waals surface area contributed by atoms with Crippen LogP contribution in [0, 0.1) is 6.92 Å². The van der Waals surface area contributed by atoms with E-state index < -0.39 is 15.6 Å². The fourth-order valence-corrected chi connectivity index (χ4v) is 2.94. The first kappa shape index (κ1) is 14.5. The van der Waals surface area contributed by atoms with Crippen molar-refractivity contribution < 1.29 is 8.42 Å². The van der Waals surface area contributed by atoms with Crippen molar-refractivity contribution in [2.24, 2.45) is 0 Å². The number of nitrogens with one attached hydrogen (secondary N) is 1. The molecule has 0 unspecified atom stereocenters.